The van der Waals surface area contributed by atoms with Crippen molar-refractivity contribution in [3.05, 3.63) is 0 Å². The molecule has 0 amide bonds. The van der Waals surface area contributed by atoms with Crippen LogP contribution in [0.2, 0.25) is 0 Å². The highest BCUT2D eigenvalue weighted by Gasteiger charge is 2.48. The van der Waals surface area contributed by atoms with Gasteiger partial charge in [0.15, 0.2) is 5.79 Å². The van der Waals surface area contributed by atoms with Gasteiger partial charge in [-0.3, -0.25) is 0 Å². The molecule has 1 heterocycles. The normalized spacial score (nSPS) is 55.5. The van der Waals surface area contributed by atoms with Crippen molar-refractivity contribution >= 4 is 0 Å². The zero-order valence-electron chi connectivity index (χ0n) is 5.98. The molecule has 4 nitrogen and oxygen atoms in total. The minimum absolute atomic E-state index is 0.509. The van der Waals surface area contributed by atoms with Crippen LogP contribution >= 0.6 is 0 Å². The van der Waals surface area contributed by atoms with Crippen LogP contribution < -0.4 is 0 Å². The Bertz CT molecular complexity index is 134. The summed E-state index contributed by atoms with van der Waals surface area (Å²) in [4.78, 5) is 0. The molecular formula is C6H12O4. The van der Waals surface area contributed by atoms with E-state index in [1.165, 1.54) is 6.92 Å². The van der Waals surface area contributed by atoms with Crippen molar-refractivity contribution in [1.82, 2.24) is 0 Å². The number of aliphatic hydroxyl groups excluding tert-OH is 2. The Kier molecular flexibility index (Phi) is 1.72. The molecule has 0 saturated carbocycles. The maximum atomic E-state index is 9.17. The van der Waals surface area contributed by atoms with Crippen LogP contribution in [0.5, 0.6) is 0 Å². The molecule has 60 valence electrons. The van der Waals surface area contributed by atoms with Gasteiger partial charge in [0.05, 0.1) is 6.10 Å². The molecule has 1 rings (SSSR count). The van der Waals surface area contributed by atoms with Crippen molar-refractivity contribution in [1.29, 1.82) is 0 Å². The molecule has 0 aliphatic carbocycles. The van der Waals surface area contributed by atoms with Crippen LogP contribution in [0.25, 0.3) is 0 Å². The molecule has 0 bridgehead atoms. The van der Waals surface area contributed by atoms with Crippen molar-refractivity contribution in [3.8, 4) is 0 Å². The predicted molar refractivity (Wildman–Crippen MR) is 33.2 cm³/mol. The Hall–Kier alpha value is -0.160. The molecule has 1 aliphatic rings. The second kappa shape index (κ2) is 2.17. The van der Waals surface area contributed by atoms with Crippen molar-refractivity contribution in [2.24, 2.45) is 0 Å². The summed E-state index contributed by atoms with van der Waals surface area (Å²) >= 11 is 0. The number of hydrogen-bond donors (Lipinski definition) is 3. The zero-order chi connectivity index (χ0) is 7.94. The number of aliphatic hydroxyl groups is 3. The fourth-order valence-electron chi connectivity index (χ4n) is 1.09. The topological polar surface area (TPSA) is 69.9 Å². The van der Waals surface area contributed by atoms with E-state index in [0.717, 1.165) is 0 Å². The molecule has 4 atom stereocenters. The predicted octanol–water partition coefficient (Wildman–Crippen LogP) is -1.16. The average Bonchev–Trinajstić information content (AvgIpc) is 1.95. The van der Waals surface area contributed by atoms with Gasteiger partial charge in [-0.15, -0.1) is 0 Å². The molecule has 1 aliphatic heterocycles. The lowest BCUT2D eigenvalue weighted by Gasteiger charge is -2.19. The molecule has 1 fully saturated rings. The van der Waals surface area contributed by atoms with E-state index in [9.17, 15) is 5.11 Å². The van der Waals surface area contributed by atoms with Gasteiger partial charge in [-0.25, -0.2) is 0 Å². The van der Waals surface area contributed by atoms with E-state index >= 15 is 0 Å². The number of ether oxygens (including phenoxy) is 1. The average molecular weight is 148 g/mol. The van der Waals surface area contributed by atoms with Gasteiger partial charge >= 0.3 is 0 Å². The monoisotopic (exact) mass is 148 g/mol. The van der Waals surface area contributed by atoms with E-state index in [-0.39, 0.29) is 0 Å². The van der Waals surface area contributed by atoms with Gasteiger partial charge in [-0.2, -0.15) is 0 Å². The third-order valence-electron chi connectivity index (χ3n) is 1.78. The third kappa shape index (κ3) is 1.03. The lowest BCUT2D eigenvalue weighted by molar-refractivity contribution is -0.212. The van der Waals surface area contributed by atoms with Crippen LogP contribution in [0.15, 0.2) is 0 Å². The van der Waals surface area contributed by atoms with E-state index in [2.05, 4.69) is 0 Å². The second-order valence-electron chi connectivity index (χ2n) is 2.81. The van der Waals surface area contributed by atoms with Gasteiger partial charge in [0.1, 0.15) is 12.2 Å². The standard InChI is InChI=1S/C6H12O4/c1-3-4(7)5(8)6(2,9)10-3/h3-5,7-9H,1-2H3/t3-,4+,5+,6?/m0/s1. The van der Waals surface area contributed by atoms with Crippen LogP contribution in [0.1, 0.15) is 13.8 Å². The molecule has 4 heteroatoms. The van der Waals surface area contributed by atoms with Crippen LogP contribution in [-0.4, -0.2) is 39.4 Å². The highest BCUT2D eigenvalue weighted by atomic mass is 16.7. The van der Waals surface area contributed by atoms with Crippen molar-refractivity contribution in [3.63, 3.8) is 0 Å². The molecule has 1 unspecified atom stereocenters. The molecule has 10 heavy (non-hydrogen) atoms. The smallest absolute Gasteiger partial charge is 0.192 e. The minimum Gasteiger partial charge on any atom is -0.387 e. The summed E-state index contributed by atoms with van der Waals surface area (Å²) in [5, 5.41) is 27.3. The highest BCUT2D eigenvalue weighted by molar-refractivity contribution is 4.90. The maximum absolute atomic E-state index is 9.17. The summed E-state index contributed by atoms with van der Waals surface area (Å²) in [6.07, 6.45) is -2.71. The van der Waals surface area contributed by atoms with E-state index in [4.69, 9.17) is 14.9 Å². The van der Waals surface area contributed by atoms with Crippen LogP contribution in [0.3, 0.4) is 0 Å². The van der Waals surface area contributed by atoms with E-state index in [1.54, 1.807) is 6.92 Å². The summed E-state index contributed by atoms with van der Waals surface area (Å²) in [7, 11) is 0. The highest BCUT2D eigenvalue weighted by Crippen LogP contribution is 2.27. The van der Waals surface area contributed by atoms with Crippen molar-refractivity contribution in [2.75, 3.05) is 0 Å². The Labute approximate surface area is 59.1 Å². The molecule has 1 saturated heterocycles. The molecule has 3 N–H and O–H groups in total. The molecule has 0 aromatic rings. The fourth-order valence-corrected chi connectivity index (χ4v) is 1.09. The molecule has 0 aromatic heterocycles. The van der Waals surface area contributed by atoms with Gasteiger partial charge < -0.3 is 20.1 Å². The quantitative estimate of drug-likeness (QED) is 0.405. The Balaban J connectivity index is 2.71. The third-order valence-corrected chi connectivity index (χ3v) is 1.78. The number of rotatable bonds is 0. The molecular weight excluding hydrogens is 136 g/mol. The van der Waals surface area contributed by atoms with E-state index in [0.29, 0.717) is 0 Å². The zero-order valence-corrected chi connectivity index (χ0v) is 5.98. The minimum atomic E-state index is -1.60. The van der Waals surface area contributed by atoms with Gasteiger partial charge in [0, 0.05) is 0 Å². The first-order valence-electron chi connectivity index (χ1n) is 3.21. The summed E-state index contributed by atoms with van der Waals surface area (Å²) in [6, 6.07) is 0. The largest absolute Gasteiger partial charge is 0.387 e. The van der Waals surface area contributed by atoms with Crippen LogP contribution in [0.4, 0.5) is 0 Å². The Morgan fingerprint density at radius 3 is 2.00 bits per heavy atom. The van der Waals surface area contributed by atoms with Crippen LogP contribution in [0, 0.1) is 0 Å². The molecule has 0 aromatic carbocycles. The molecule has 0 radical (unpaired) electrons. The first kappa shape index (κ1) is 7.94. The first-order chi connectivity index (χ1) is 4.45. The Morgan fingerprint density at radius 2 is 1.90 bits per heavy atom. The SMILES string of the molecule is C[C@@H]1OC(C)(O)[C@H](O)[C@@H]1O. The first-order valence-corrected chi connectivity index (χ1v) is 3.21. The van der Waals surface area contributed by atoms with Crippen LogP contribution in [-0.2, 0) is 4.74 Å². The van der Waals surface area contributed by atoms with E-state index < -0.39 is 24.1 Å². The van der Waals surface area contributed by atoms with E-state index in [1.807, 2.05) is 0 Å². The fraction of sp³-hybridized carbons (Fsp3) is 1.00. The lowest BCUT2D eigenvalue weighted by Crippen LogP contribution is -2.40. The lowest BCUT2D eigenvalue weighted by atomic mass is 10.1. The summed E-state index contributed by atoms with van der Waals surface area (Å²) in [5.74, 6) is -1.60. The maximum Gasteiger partial charge on any atom is 0.192 e. The van der Waals surface area contributed by atoms with Crippen molar-refractivity contribution in [2.45, 2.75) is 37.9 Å². The summed E-state index contributed by atoms with van der Waals surface area (Å²) in [6.45, 7) is 2.92. The summed E-state index contributed by atoms with van der Waals surface area (Å²) in [5.41, 5.74) is 0. The van der Waals surface area contributed by atoms with Gasteiger partial charge in [0.2, 0.25) is 0 Å². The van der Waals surface area contributed by atoms with Crippen molar-refractivity contribution < 1.29 is 20.1 Å². The summed E-state index contributed by atoms with van der Waals surface area (Å²) < 4.78 is 4.83. The Morgan fingerprint density at radius 1 is 1.40 bits per heavy atom. The van der Waals surface area contributed by atoms with Gasteiger partial charge in [-0.1, -0.05) is 0 Å². The number of hydrogen-bond acceptors (Lipinski definition) is 4. The van der Waals surface area contributed by atoms with Gasteiger partial charge in [0.25, 0.3) is 0 Å². The second-order valence-corrected chi connectivity index (χ2v) is 2.81. The van der Waals surface area contributed by atoms with Gasteiger partial charge in [-0.05, 0) is 13.8 Å². The molecule has 0 spiro atoms.